The highest BCUT2D eigenvalue weighted by atomic mass is 79.9. The summed E-state index contributed by atoms with van der Waals surface area (Å²) in [6, 6.07) is 0. The predicted molar refractivity (Wildman–Crippen MR) is 61.2 cm³/mol. The molecule has 0 bridgehead atoms. The van der Waals surface area contributed by atoms with Gasteiger partial charge in [-0.2, -0.15) is 4.98 Å². The van der Waals surface area contributed by atoms with Gasteiger partial charge in [-0.3, -0.25) is 0 Å². The molecule has 0 spiro atoms. The minimum Gasteiger partial charge on any atom is -0.368 e. The molecular formula is C8H14BrN5. The third-order valence-electron chi connectivity index (χ3n) is 1.61. The maximum atomic E-state index is 5.47. The van der Waals surface area contributed by atoms with Gasteiger partial charge in [-0.05, 0) is 30.0 Å². The van der Waals surface area contributed by atoms with E-state index in [2.05, 4.69) is 36.1 Å². The van der Waals surface area contributed by atoms with E-state index in [-0.39, 0.29) is 5.95 Å². The maximum Gasteiger partial charge on any atom is 0.221 e. The first kappa shape index (κ1) is 11.2. The Kier molecular flexibility index (Phi) is 4.09. The summed E-state index contributed by atoms with van der Waals surface area (Å²) in [5, 5.41) is 3.17. The summed E-state index contributed by atoms with van der Waals surface area (Å²) in [6.45, 7) is 1.76. The van der Waals surface area contributed by atoms with Gasteiger partial charge in [0.1, 0.15) is 5.82 Å². The first-order chi connectivity index (χ1) is 6.59. The zero-order chi connectivity index (χ0) is 10.6. The summed E-state index contributed by atoms with van der Waals surface area (Å²) < 4.78 is 0.824. The highest BCUT2D eigenvalue weighted by Gasteiger charge is 2.01. The number of nitrogens with two attached hydrogens (primary N) is 1. The average Bonchev–Trinajstić information content (AvgIpc) is 2.10. The lowest BCUT2D eigenvalue weighted by Gasteiger charge is -2.11. The smallest absolute Gasteiger partial charge is 0.221 e. The molecule has 1 aromatic rings. The molecule has 0 atom stereocenters. The van der Waals surface area contributed by atoms with E-state index in [1.165, 1.54) is 0 Å². The van der Waals surface area contributed by atoms with Crippen LogP contribution in [0.1, 0.15) is 0 Å². The van der Waals surface area contributed by atoms with Crippen molar-refractivity contribution in [2.24, 2.45) is 0 Å². The lowest BCUT2D eigenvalue weighted by atomic mass is 10.5. The van der Waals surface area contributed by atoms with Crippen LogP contribution >= 0.6 is 15.9 Å². The summed E-state index contributed by atoms with van der Waals surface area (Å²) in [5.74, 6) is 1.01. The van der Waals surface area contributed by atoms with E-state index < -0.39 is 0 Å². The Labute approximate surface area is 91.8 Å². The van der Waals surface area contributed by atoms with Crippen molar-refractivity contribution in [2.45, 2.75) is 0 Å². The molecule has 0 amide bonds. The van der Waals surface area contributed by atoms with Crippen LogP contribution in [0, 0.1) is 0 Å². The Bertz CT molecular complexity index is 302. The number of hydrogen-bond acceptors (Lipinski definition) is 5. The number of rotatable bonds is 4. The Morgan fingerprint density at radius 1 is 1.57 bits per heavy atom. The van der Waals surface area contributed by atoms with Crippen LogP contribution in [0.25, 0.3) is 0 Å². The van der Waals surface area contributed by atoms with Crippen LogP contribution in [0.2, 0.25) is 0 Å². The van der Waals surface area contributed by atoms with E-state index in [1.54, 1.807) is 6.20 Å². The Hall–Kier alpha value is -0.880. The summed E-state index contributed by atoms with van der Waals surface area (Å²) in [5.41, 5.74) is 5.47. The minimum atomic E-state index is 0.278. The second kappa shape index (κ2) is 5.11. The monoisotopic (exact) mass is 259 g/mol. The van der Waals surface area contributed by atoms with Gasteiger partial charge in [0, 0.05) is 19.3 Å². The minimum absolute atomic E-state index is 0.278. The second-order valence-electron chi connectivity index (χ2n) is 3.15. The van der Waals surface area contributed by atoms with E-state index in [0.717, 1.165) is 23.4 Å². The maximum absolute atomic E-state index is 5.47. The van der Waals surface area contributed by atoms with Crippen molar-refractivity contribution in [3.8, 4) is 0 Å². The zero-order valence-corrected chi connectivity index (χ0v) is 9.87. The fourth-order valence-corrected chi connectivity index (χ4v) is 1.23. The van der Waals surface area contributed by atoms with E-state index in [4.69, 9.17) is 5.73 Å². The Morgan fingerprint density at radius 2 is 2.29 bits per heavy atom. The highest BCUT2D eigenvalue weighted by molar-refractivity contribution is 9.10. The van der Waals surface area contributed by atoms with Gasteiger partial charge < -0.3 is 16.0 Å². The van der Waals surface area contributed by atoms with Crippen LogP contribution in [-0.2, 0) is 0 Å². The van der Waals surface area contributed by atoms with Gasteiger partial charge in [-0.15, -0.1) is 0 Å². The lowest BCUT2D eigenvalue weighted by molar-refractivity contribution is 0.425. The first-order valence-corrected chi connectivity index (χ1v) is 5.05. The van der Waals surface area contributed by atoms with Crippen LogP contribution in [-0.4, -0.2) is 42.1 Å². The summed E-state index contributed by atoms with van der Waals surface area (Å²) in [6.07, 6.45) is 1.64. The number of nitrogen functional groups attached to an aromatic ring is 1. The predicted octanol–water partition coefficient (Wildman–Crippen LogP) is 0.795. The normalized spacial score (nSPS) is 10.6. The topological polar surface area (TPSA) is 67.1 Å². The van der Waals surface area contributed by atoms with Gasteiger partial charge in [0.2, 0.25) is 5.95 Å². The number of aromatic nitrogens is 2. The van der Waals surface area contributed by atoms with Gasteiger partial charge in [-0.1, -0.05) is 0 Å². The van der Waals surface area contributed by atoms with Crippen molar-refractivity contribution in [1.29, 1.82) is 0 Å². The van der Waals surface area contributed by atoms with Gasteiger partial charge in [-0.25, -0.2) is 4.98 Å². The summed E-state index contributed by atoms with van der Waals surface area (Å²) in [4.78, 5) is 10.0. The molecule has 0 saturated heterocycles. The standard InChI is InChI=1S/C8H14BrN5/c1-14(2)4-3-11-7-6(9)5-12-8(10)13-7/h5H,3-4H2,1-2H3,(H3,10,11,12,13). The number of halogens is 1. The third kappa shape index (κ3) is 3.47. The molecule has 78 valence electrons. The van der Waals surface area contributed by atoms with Crippen LogP contribution < -0.4 is 11.1 Å². The number of nitrogens with zero attached hydrogens (tertiary/aromatic N) is 3. The van der Waals surface area contributed by atoms with E-state index in [0.29, 0.717) is 0 Å². The van der Waals surface area contributed by atoms with Gasteiger partial charge in [0.25, 0.3) is 0 Å². The van der Waals surface area contributed by atoms with Crippen molar-refractivity contribution in [1.82, 2.24) is 14.9 Å². The largest absolute Gasteiger partial charge is 0.368 e. The van der Waals surface area contributed by atoms with Crippen molar-refractivity contribution in [3.63, 3.8) is 0 Å². The molecule has 1 aromatic heterocycles. The molecule has 6 heteroatoms. The lowest BCUT2D eigenvalue weighted by Crippen LogP contribution is -2.21. The van der Waals surface area contributed by atoms with Crippen LogP contribution in [0.4, 0.5) is 11.8 Å². The molecule has 0 fully saturated rings. The third-order valence-corrected chi connectivity index (χ3v) is 2.19. The molecule has 0 aromatic carbocycles. The van der Waals surface area contributed by atoms with Crippen molar-refractivity contribution in [2.75, 3.05) is 38.2 Å². The molecule has 0 radical (unpaired) electrons. The van der Waals surface area contributed by atoms with Gasteiger partial charge in [0.05, 0.1) is 4.47 Å². The molecule has 5 nitrogen and oxygen atoms in total. The van der Waals surface area contributed by atoms with E-state index >= 15 is 0 Å². The number of anilines is 2. The first-order valence-electron chi connectivity index (χ1n) is 4.26. The molecule has 0 aliphatic heterocycles. The molecular weight excluding hydrogens is 246 g/mol. The van der Waals surface area contributed by atoms with Crippen molar-refractivity contribution < 1.29 is 0 Å². The fraction of sp³-hybridized carbons (Fsp3) is 0.500. The highest BCUT2D eigenvalue weighted by Crippen LogP contribution is 2.18. The number of likely N-dealkylation sites (N-methyl/N-ethyl adjacent to an activating group) is 1. The number of nitrogens with one attached hydrogen (secondary N) is 1. The van der Waals surface area contributed by atoms with Crippen LogP contribution in [0.15, 0.2) is 10.7 Å². The Morgan fingerprint density at radius 3 is 2.93 bits per heavy atom. The molecule has 1 heterocycles. The molecule has 3 N–H and O–H groups in total. The summed E-state index contributed by atoms with van der Waals surface area (Å²) >= 11 is 3.34. The van der Waals surface area contributed by atoms with Gasteiger partial charge in [0.15, 0.2) is 0 Å². The molecule has 0 aliphatic carbocycles. The van der Waals surface area contributed by atoms with Crippen LogP contribution in [0.3, 0.4) is 0 Å². The van der Waals surface area contributed by atoms with Crippen molar-refractivity contribution >= 4 is 27.7 Å². The van der Waals surface area contributed by atoms with E-state index in [9.17, 15) is 0 Å². The average molecular weight is 260 g/mol. The molecule has 0 saturated carbocycles. The van der Waals surface area contributed by atoms with Gasteiger partial charge >= 0.3 is 0 Å². The zero-order valence-electron chi connectivity index (χ0n) is 8.29. The van der Waals surface area contributed by atoms with Crippen molar-refractivity contribution in [3.05, 3.63) is 10.7 Å². The fourth-order valence-electron chi connectivity index (χ4n) is 0.903. The molecule has 1 rings (SSSR count). The summed E-state index contributed by atoms with van der Waals surface area (Å²) in [7, 11) is 4.04. The molecule has 0 aliphatic rings. The SMILES string of the molecule is CN(C)CCNc1nc(N)ncc1Br. The number of hydrogen-bond donors (Lipinski definition) is 2. The Balaban J connectivity index is 2.53. The van der Waals surface area contributed by atoms with E-state index in [1.807, 2.05) is 14.1 Å². The molecule has 0 unspecified atom stereocenters. The molecule has 14 heavy (non-hydrogen) atoms. The quantitative estimate of drug-likeness (QED) is 0.838. The van der Waals surface area contributed by atoms with Crippen LogP contribution in [0.5, 0.6) is 0 Å². The second-order valence-corrected chi connectivity index (χ2v) is 4.01.